The maximum Gasteiger partial charge on any atom is 0.124 e. The van der Waals surface area contributed by atoms with Crippen LogP contribution in [0.2, 0.25) is 0 Å². The number of rotatable bonds is 5. The van der Waals surface area contributed by atoms with E-state index in [2.05, 4.69) is 28.2 Å². The Morgan fingerprint density at radius 2 is 1.85 bits per heavy atom. The molecule has 1 atom stereocenters. The summed E-state index contributed by atoms with van der Waals surface area (Å²) in [6, 6.07) is 10.9. The molecule has 0 spiro atoms. The van der Waals surface area contributed by atoms with Crippen LogP contribution in [0.3, 0.4) is 0 Å². The van der Waals surface area contributed by atoms with Crippen LogP contribution in [0.25, 0.3) is 0 Å². The molecule has 0 radical (unpaired) electrons. The van der Waals surface area contributed by atoms with Gasteiger partial charge < -0.3 is 5.32 Å². The zero-order valence-corrected chi connectivity index (χ0v) is 12.8. The lowest BCUT2D eigenvalue weighted by Crippen LogP contribution is -2.23. The summed E-state index contributed by atoms with van der Waals surface area (Å²) in [5, 5.41) is 3.37. The highest BCUT2D eigenvalue weighted by Gasteiger charge is 2.17. The van der Waals surface area contributed by atoms with Crippen molar-refractivity contribution < 1.29 is 8.78 Å². The predicted molar refractivity (Wildman–Crippen MR) is 80.6 cm³/mol. The first kappa shape index (κ1) is 15.1. The van der Waals surface area contributed by atoms with E-state index >= 15 is 0 Å². The molecule has 0 aliphatic rings. The standard InChI is InChI=1S/C16H16BrF2N/c1-2-8-20-16(11-4-3-5-12(18)9-11)14-7-6-13(19)10-15(14)17/h3-7,9-10,16,20H,2,8H2,1H3. The Bertz CT molecular complexity index is 586. The lowest BCUT2D eigenvalue weighted by Gasteiger charge is -2.21. The normalized spacial score (nSPS) is 12.4. The predicted octanol–water partition coefficient (Wildman–Crippen LogP) is 4.82. The second-order valence-electron chi connectivity index (χ2n) is 4.61. The molecule has 1 N–H and O–H groups in total. The third-order valence-corrected chi connectivity index (χ3v) is 3.74. The topological polar surface area (TPSA) is 12.0 Å². The molecule has 0 bridgehead atoms. The van der Waals surface area contributed by atoms with Gasteiger partial charge in [0.1, 0.15) is 11.6 Å². The molecule has 2 rings (SSSR count). The van der Waals surface area contributed by atoms with Crippen molar-refractivity contribution in [3.63, 3.8) is 0 Å². The Labute approximate surface area is 126 Å². The fraction of sp³-hybridized carbons (Fsp3) is 0.250. The summed E-state index contributed by atoms with van der Waals surface area (Å²) >= 11 is 3.38. The fourth-order valence-electron chi connectivity index (χ4n) is 2.12. The summed E-state index contributed by atoms with van der Waals surface area (Å²) in [6.07, 6.45) is 0.963. The molecular formula is C16H16BrF2N. The van der Waals surface area contributed by atoms with Gasteiger partial charge in [0.25, 0.3) is 0 Å². The van der Waals surface area contributed by atoms with Crippen molar-refractivity contribution in [2.45, 2.75) is 19.4 Å². The molecule has 0 aliphatic heterocycles. The van der Waals surface area contributed by atoms with Crippen molar-refractivity contribution in [2.24, 2.45) is 0 Å². The first-order valence-corrected chi connectivity index (χ1v) is 7.35. The minimum Gasteiger partial charge on any atom is -0.306 e. The highest BCUT2D eigenvalue weighted by atomic mass is 79.9. The maximum absolute atomic E-state index is 13.4. The van der Waals surface area contributed by atoms with Gasteiger partial charge in [0.05, 0.1) is 6.04 Å². The van der Waals surface area contributed by atoms with Gasteiger partial charge in [-0.15, -0.1) is 0 Å². The van der Waals surface area contributed by atoms with Crippen LogP contribution in [0.1, 0.15) is 30.5 Å². The lowest BCUT2D eigenvalue weighted by molar-refractivity contribution is 0.580. The minimum absolute atomic E-state index is 0.166. The number of hydrogen-bond donors (Lipinski definition) is 1. The molecule has 0 aromatic heterocycles. The number of halogens is 3. The van der Waals surface area contributed by atoms with E-state index in [-0.39, 0.29) is 17.7 Å². The smallest absolute Gasteiger partial charge is 0.124 e. The highest BCUT2D eigenvalue weighted by Crippen LogP contribution is 2.29. The van der Waals surface area contributed by atoms with Gasteiger partial charge in [-0.25, -0.2) is 8.78 Å². The van der Waals surface area contributed by atoms with Crippen molar-refractivity contribution in [1.29, 1.82) is 0 Å². The largest absolute Gasteiger partial charge is 0.306 e. The van der Waals surface area contributed by atoms with E-state index in [0.717, 1.165) is 24.1 Å². The third kappa shape index (κ3) is 3.64. The van der Waals surface area contributed by atoms with Crippen molar-refractivity contribution in [1.82, 2.24) is 5.32 Å². The van der Waals surface area contributed by atoms with Crippen LogP contribution in [0.4, 0.5) is 8.78 Å². The van der Waals surface area contributed by atoms with Crippen LogP contribution in [-0.4, -0.2) is 6.54 Å². The molecule has 0 saturated carbocycles. The van der Waals surface area contributed by atoms with Crippen LogP contribution in [-0.2, 0) is 0 Å². The van der Waals surface area contributed by atoms with E-state index in [1.54, 1.807) is 12.1 Å². The molecule has 1 nitrogen and oxygen atoms in total. The average Bonchev–Trinajstić information content (AvgIpc) is 2.41. The minimum atomic E-state index is -0.297. The van der Waals surface area contributed by atoms with Crippen LogP contribution >= 0.6 is 15.9 Å². The molecule has 2 aromatic carbocycles. The summed E-state index contributed by atoms with van der Waals surface area (Å²) in [6.45, 7) is 2.86. The molecular weight excluding hydrogens is 324 g/mol. The summed E-state index contributed by atoms with van der Waals surface area (Å²) < 4.78 is 27.3. The van der Waals surface area contributed by atoms with E-state index in [1.165, 1.54) is 24.3 Å². The quantitative estimate of drug-likeness (QED) is 0.823. The Balaban J connectivity index is 2.41. The monoisotopic (exact) mass is 339 g/mol. The molecule has 0 heterocycles. The van der Waals surface area contributed by atoms with Gasteiger partial charge in [-0.05, 0) is 48.4 Å². The SMILES string of the molecule is CCCNC(c1cccc(F)c1)c1ccc(F)cc1Br. The van der Waals surface area contributed by atoms with Gasteiger partial charge in [-0.1, -0.05) is 41.1 Å². The van der Waals surface area contributed by atoms with E-state index in [4.69, 9.17) is 0 Å². The first-order valence-electron chi connectivity index (χ1n) is 6.55. The molecule has 0 aliphatic carbocycles. The molecule has 1 unspecified atom stereocenters. The van der Waals surface area contributed by atoms with Crippen molar-refractivity contribution >= 4 is 15.9 Å². The number of hydrogen-bond acceptors (Lipinski definition) is 1. The van der Waals surface area contributed by atoms with Gasteiger partial charge in [0.15, 0.2) is 0 Å². The Morgan fingerprint density at radius 1 is 1.10 bits per heavy atom. The molecule has 106 valence electrons. The lowest BCUT2D eigenvalue weighted by atomic mass is 9.98. The molecule has 0 amide bonds. The Morgan fingerprint density at radius 3 is 2.50 bits per heavy atom. The molecule has 4 heteroatoms. The third-order valence-electron chi connectivity index (χ3n) is 3.05. The fourth-order valence-corrected chi connectivity index (χ4v) is 2.70. The zero-order valence-electron chi connectivity index (χ0n) is 11.2. The Kier molecular flexibility index (Phi) is 5.26. The maximum atomic E-state index is 13.4. The van der Waals surface area contributed by atoms with Gasteiger partial charge in [-0.3, -0.25) is 0 Å². The summed E-state index contributed by atoms with van der Waals surface area (Å²) in [5.74, 6) is -0.571. The van der Waals surface area contributed by atoms with Crippen LogP contribution in [0.15, 0.2) is 46.9 Å². The van der Waals surface area contributed by atoms with Crippen molar-refractivity contribution in [3.05, 3.63) is 69.7 Å². The van der Waals surface area contributed by atoms with Crippen LogP contribution in [0.5, 0.6) is 0 Å². The first-order chi connectivity index (χ1) is 9.61. The second-order valence-corrected chi connectivity index (χ2v) is 5.46. The second kappa shape index (κ2) is 6.95. The number of nitrogens with one attached hydrogen (secondary N) is 1. The molecule has 0 fully saturated rings. The van der Waals surface area contributed by atoms with Gasteiger partial charge >= 0.3 is 0 Å². The number of benzene rings is 2. The summed E-state index contributed by atoms with van der Waals surface area (Å²) in [7, 11) is 0. The highest BCUT2D eigenvalue weighted by molar-refractivity contribution is 9.10. The van der Waals surface area contributed by atoms with Gasteiger partial charge in [-0.2, -0.15) is 0 Å². The van der Waals surface area contributed by atoms with E-state index in [0.29, 0.717) is 4.47 Å². The Hall–Kier alpha value is -1.26. The van der Waals surface area contributed by atoms with Crippen molar-refractivity contribution in [2.75, 3.05) is 6.54 Å². The van der Waals surface area contributed by atoms with Crippen LogP contribution < -0.4 is 5.32 Å². The average molecular weight is 340 g/mol. The summed E-state index contributed by atoms with van der Waals surface area (Å²) in [5.41, 5.74) is 1.72. The zero-order chi connectivity index (χ0) is 14.5. The van der Waals surface area contributed by atoms with Gasteiger partial charge in [0, 0.05) is 4.47 Å². The van der Waals surface area contributed by atoms with E-state index < -0.39 is 0 Å². The molecule has 2 aromatic rings. The molecule has 0 saturated heterocycles. The van der Waals surface area contributed by atoms with Crippen LogP contribution in [0, 0.1) is 11.6 Å². The summed E-state index contributed by atoms with van der Waals surface area (Å²) in [4.78, 5) is 0. The van der Waals surface area contributed by atoms with Crippen molar-refractivity contribution in [3.8, 4) is 0 Å². The molecule has 20 heavy (non-hydrogen) atoms. The van der Waals surface area contributed by atoms with E-state index in [1.807, 2.05) is 6.07 Å². The van der Waals surface area contributed by atoms with E-state index in [9.17, 15) is 8.78 Å². The van der Waals surface area contributed by atoms with Gasteiger partial charge in [0.2, 0.25) is 0 Å².